The van der Waals surface area contributed by atoms with E-state index in [1.165, 1.54) is 32.1 Å². The molecule has 0 heterocycles. The van der Waals surface area contributed by atoms with Gasteiger partial charge < -0.3 is 4.74 Å². The van der Waals surface area contributed by atoms with Gasteiger partial charge in [-0.15, -0.1) is 0 Å². The fraction of sp³-hybridized carbons (Fsp3) is 0.846. The Labute approximate surface area is 88.5 Å². The predicted molar refractivity (Wildman–Crippen MR) is 61.2 cm³/mol. The quantitative estimate of drug-likeness (QED) is 0.596. The molecule has 82 valence electrons. The lowest BCUT2D eigenvalue weighted by Gasteiger charge is -2.28. The zero-order chi connectivity index (χ0) is 10.4. The summed E-state index contributed by atoms with van der Waals surface area (Å²) in [5.41, 5.74) is 0. The highest BCUT2D eigenvalue weighted by atomic mass is 16.5. The number of hydrogen-bond acceptors (Lipinski definition) is 1. The summed E-state index contributed by atoms with van der Waals surface area (Å²) in [6.45, 7) is 8.33. The summed E-state index contributed by atoms with van der Waals surface area (Å²) in [5, 5.41) is 0. The molecule has 1 aliphatic carbocycles. The van der Waals surface area contributed by atoms with Crippen LogP contribution < -0.4 is 0 Å². The second-order valence-electron chi connectivity index (χ2n) is 4.51. The first-order valence-electron chi connectivity index (χ1n) is 6.08. The Hall–Kier alpha value is -0.460. The first-order valence-corrected chi connectivity index (χ1v) is 6.08. The highest BCUT2D eigenvalue weighted by molar-refractivity contribution is 4.84. The minimum absolute atomic E-state index is 0.384. The van der Waals surface area contributed by atoms with Crippen molar-refractivity contribution < 1.29 is 4.74 Å². The molecule has 1 saturated carbocycles. The Kier molecular flexibility index (Phi) is 5.06. The van der Waals surface area contributed by atoms with Gasteiger partial charge in [-0.2, -0.15) is 0 Å². The van der Waals surface area contributed by atoms with Gasteiger partial charge in [0, 0.05) is 6.42 Å². The fourth-order valence-electron chi connectivity index (χ4n) is 2.30. The number of hydrogen-bond donors (Lipinski definition) is 0. The van der Waals surface area contributed by atoms with Crippen LogP contribution in [0.1, 0.15) is 58.8 Å². The molecule has 14 heavy (non-hydrogen) atoms. The van der Waals surface area contributed by atoms with Gasteiger partial charge in [0.15, 0.2) is 0 Å². The molecule has 0 aromatic rings. The molecule has 1 rings (SSSR count). The van der Waals surface area contributed by atoms with E-state index in [0.717, 1.165) is 24.5 Å². The third kappa shape index (κ3) is 3.73. The SMILES string of the molecule is C=C(CCC)OC(C)C1CCCCC1. The van der Waals surface area contributed by atoms with Crippen molar-refractivity contribution in [2.75, 3.05) is 0 Å². The standard InChI is InChI=1S/C13H24O/c1-4-8-11(2)14-12(3)13-9-6-5-7-10-13/h12-13H,2,4-10H2,1,3H3. The van der Waals surface area contributed by atoms with Crippen molar-refractivity contribution in [3.8, 4) is 0 Å². The molecular weight excluding hydrogens is 172 g/mol. The lowest BCUT2D eigenvalue weighted by molar-refractivity contribution is 0.0572. The minimum Gasteiger partial charge on any atom is -0.495 e. The van der Waals surface area contributed by atoms with Crippen molar-refractivity contribution >= 4 is 0 Å². The second kappa shape index (κ2) is 6.10. The fourth-order valence-corrected chi connectivity index (χ4v) is 2.30. The number of allylic oxidation sites excluding steroid dienone is 1. The van der Waals surface area contributed by atoms with Gasteiger partial charge in [-0.05, 0) is 32.1 Å². The molecule has 0 spiro atoms. The van der Waals surface area contributed by atoms with Crippen LogP contribution in [0, 0.1) is 5.92 Å². The first kappa shape index (κ1) is 11.6. The molecule has 0 aromatic carbocycles. The van der Waals surface area contributed by atoms with Crippen LogP contribution in [-0.2, 0) is 4.74 Å². The summed E-state index contributed by atoms with van der Waals surface area (Å²) in [6.07, 6.45) is 9.42. The van der Waals surface area contributed by atoms with Gasteiger partial charge in [0.2, 0.25) is 0 Å². The van der Waals surface area contributed by atoms with Crippen LogP contribution in [0.5, 0.6) is 0 Å². The zero-order valence-corrected chi connectivity index (χ0v) is 9.72. The van der Waals surface area contributed by atoms with Crippen LogP contribution in [0.4, 0.5) is 0 Å². The van der Waals surface area contributed by atoms with E-state index >= 15 is 0 Å². The first-order chi connectivity index (χ1) is 6.74. The van der Waals surface area contributed by atoms with Gasteiger partial charge in [-0.3, -0.25) is 0 Å². The number of rotatable bonds is 5. The molecule has 0 amide bonds. The van der Waals surface area contributed by atoms with Crippen molar-refractivity contribution in [1.29, 1.82) is 0 Å². The van der Waals surface area contributed by atoms with Crippen LogP contribution in [0.25, 0.3) is 0 Å². The van der Waals surface area contributed by atoms with Crippen molar-refractivity contribution in [1.82, 2.24) is 0 Å². The van der Waals surface area contributed by atoms with Gasteiger partial charge in [0.1, 0.15) is 0 Å². The predicted octanol–water partition coefficient (Wildman–Crippen LogP) is 4.29. The highest BCUT2D eigenvalue weighted by Crippen LogP contribution is 2.28. The van der Waals surface area contributed by atoms with Crippen LogP contribution in [-0.4, -0.2) is 6.10 Å². The third-order valence-corrected chi connectivity index (χ3v) is 3.20. The molecule has 1 heteroatoms. The summed E-state index contributed by atoms with van der Waals surface area (Å²) in [7, 11) is 0. The molecule has 0 aromatic heterocycles. The Balaban J connectivity index is 2.25. The molecule has 0 N–H and O–H groups in total. The monoisotopic (exact) mass is 196 g/mol. The van der Waals surface area contributed by atoms with E-state index < -0.39 is 0 Å². The molecule has 1 atom stereocenters. The van der Waals surface area contributed by atoms with Crippen LogP contribution in [0.2, 0.25) is 0 Å². The van der Waals surface area contributed by atoms with Gasteiger partial charge in [-0.1, -0.05) is 32.8 Å². The van der Waals surface area contributed by atoms with Crippen LogP contribution in [0.3, 0.4) is 0 Å². The van der Waals surface area contributed by atoms with E-state index in [1.807, 2.05) is 0 Å². The third-order valence-electron chi connectivity index (χ3n) is 3.20. The molecular formula is C13H24O. The van der Waals surface area contributed by atoms with Gasteiger partial charge >= 0.3 is 0 Å². The maximum atomic E-state index is 5.84. The Bertz CT molecular complexity index is 168. The molecule has 1 aliphatic rings. The second-order valence-corrected chi connectivity index (χ2v) is 4.51. The molecule has 0 bridgehead atoms. The lowest BCUT2D eigenvalue weighted by Crippen LogP contribution is -2.22. The van der Waals surface area contributed by atoms with Gasteiger partial charge in [0.05, 0.1) is 11.9 Å². The topological polar surface area (TPSA) is 9.23 Å². The average Bonchev–Trinajstić information content (AvgIpc) is 2.19. The number of ether oxygens (including phenoxy) is 1. The zero-order valence-electron chi connectivity index (χ0n) is 9.72. The van der Waals surface area contributed by atoms with E-state index in [-0.39, 0.29) is 0 Å². The summed E-state index contributed by atoms with van der Waals surface area (Å²) in [5.74, 6) is 1.75. The van der Waals surface area contributed by atoms with Crippen LogP contribution in [0.15, 0.2) is 12.3 Å². The molecule has 0 saturated heterocycles. The Morgan fingerprint density at radius 3 is 2.57 bits per heavy atom. The summed E-state index contributed by atoms with van der Waals surface area (Å²) < 4.78 is 5.84. The van der Waals surface area contributed by atoms with E-state index in [1.54, 1.807) is 0 Å². The maximum absolute atomic E-state index is 5.84. The van der Waals surface area contributed by atoms with E-state index in [9.17, 15) is 0 Å². The Morgan fingerprint density at radius 1 is 1.36 bits per heavy atom. The molecule has 0 aliphatic heterocycles. The highest BCUT2D eigenvalue weighted by Gasteiger charge is 2.21. The van der Waals surface area contributed by atoms with Crippen LogP contribution >= 0.6 is 0 Å². The Morgan fingerprint density at radius 2 is 2.00 bits per heavy atom. The normalized spacial score (nSPS) is 20.4. The van der Waals surface area contributed by atoms with Gasteiger partial charge in [0.25, 0.3) is 0 Å². The lowest BCUT2D eigenvalue weighted by atomic mass is 9.86. The van der Waals surface area contributed by atoms with E-state index in [0.29, 0.717) is 6.10 Å². The average molecular weight is 196 g/mol. The van der Waals surface area contributed by atoms with E-state index in [2.05, 4.69) is 20.4 Å². The minimum atomic E-state index is 0.384. The van der Waals surface area contributed by atoms with Crippen molar-refractivity contribution in [3.05, 3.63) is 12.3 Å². The molecule has 1 fully saturated rings. The molecule has 0 radical (unpaired) electrons. The molecule has 1 unspecified atom stereocenters. The summed E-state index contributed by atoms with van der Waals surface area (Å²) in [4.78, 5) is 0. The van der Waals surface area contributed by atoms with Crippen molar-refractivity contribution in [3.63, 3.8) is 0 Å². The smallest absolute Gasteiger partial charge is 0.0982 e. The van der Waals surface area contributed by atoms with E-state index in [4.69, 9.17) is 4.74 Å². The van der Waals surface area contributed by atoms with Gasteiger partial charge in [-0.25, -0.2) is 0 Å². The largest absolute Gasteiger partial charge is 0.495 e. The summed E-state index contributed by atoms with van der Waals surface area (Å²) >= 11 is 0. The maximum Gasteiger partial charge on any atom is 0.0982 e. The van der Waals surface area contributed by atoms with Crippen molar-refractivity contribution in [2.24, 2.45) is 5.92 Å². The summed E-state index contributed by atoms with van der Waals surface area (Å²) in [6, 6.07) is 0. The molecule has 1 nitrogen and oxygen atoms in total. The van der Waals surface area contributed by atoms with Crippen molar-refractivity contribution in [2.45, 2.75) is 64.9 Å².